The minimum atomic E-state index is -3.52. The number of hydrogen-bond acceptors (Lipinski definition) is 6. The van der Waals surface area contributed by atoms with Gasteiger partial charge in [0.25, 0.3) is 10.1 Å². The van der Waals surface area contributed by atoms with Crippen molar-refractivity contribution in [2.45, 2.75) is 12.7 Å². The smallest absolute Gasteiger partial charge is 0.264 e. The highest BCUT2D eigenvalue weighted by molar-refractivity contribution is 7.85. The van der Waals surface area contributed by atoms with Gasteiger partial charge in [0, 0.05) is 0 Å². The summed E-state index contributed by atoms with van der Waals surface area (Å²) < 4.78 is 44.2. The molecule has 0 aromatic heterocycles. The molecule has 3 rings (SSSR count). The van der Waals surface area contributed by atoms with Crippen LogP contribution in [0.1, 0.15) is 5.56 Å². The number of para-hydroxylation sites is 1. The summed E-state index contributed by atoms with van der Waals surface area (Å²) in [6.07, 6.45) is 0.479. The highest BCUT2D eigenvalue weighted by Crippen LogP contribution is 2.40. The molecule has 6 nitrogen and oxygen atoms in total. The van der Waals surface area contributed by atoms with Crippen LogP contribution in [0.15, 0.2) is 48.5 Å². The Kier molecular flexibility index (Phi) is 4.92. The predicted octanol–water partition coefficient (Wildman–Crippen LogP) is 2.38. The van der Waals surface area contributed by atoms with Crippen LogP contribution in [0.4, 0.5) is 0 Å². The van der Waals surface area contributed by atoms with Crippen molar-refractivity contribution in [3.8, 4) is 17.2 Å². The zero-order valence-corrected chi connectivity index (χ0v) is 14.0. The van der Waals surface area contributed by atoms with Crippen LogP contribution in [-0.2, 0) is 20.9 Å². The molecular formula is C17H18O6S. The fourth-order valence-electron chi connectivity index (χ4n) is 2.24. The zero-order valence-electron chi connectivity index (χ0n) is 13.2. The van der Waals surface area contributed by atoms with Crippen LogP contribution in [0.25, 0.3) is 0 Å². The topological polar surface area (TPSA) is 71.1 Å². The first-order valence-electron chi connectivity index (χ1n) is 7.45. The molecule has 0 aliphatic carbocycles. The third kappa shape index (κ3) is 4.39. The van der Waals surface area contributed by atoms with Crippen LogP contribution in [-0.4, -0.2) is 34.0 Å². The van der Waals surface area contributed by atoms with Gasteiger partial charge in [0.1, 0.15) is 19.8 Å². The van der Waals surface area contributed by atoms with E-state index < -0.39 is 16.2 Å². The Morgan fingerprint density at radius 2 is 1.92 bits per heavy atom. The summed E-state index contributed by atoms with van der Waals surface area (Å²) in [6.45, 7) is 0.501. The summed E-state index contributed by atoms with van der Waals surface area (Å²) in [4.78, 5) is 0. The maximum Gasteiger partial charge on any atom is 0.264 e. The second-order valence-electron chi connectivity index (χ2n) is 5.40. The van der Waals surface area contributed by atoms with Crippen LogP contribution >= 0.6 is 0 Å². The summed E-state index contributed by atoms with van der Waals surface area (Å²) in [5.41, 5.74) is 1.03. The third-order valence-corrected chi connectivity index (χ3v) is 3.92. The van der Waals surface area contributed by atoms with Crippen molar-refractivity contribution >= 4 is 10.1 Å². The van der Waals surface area contributed by atoms with Crippen LogP contribution in [0, 0.1) is 0 Å². The lowest BCUT2D eigenvalue weighted by Crippen LogP contribution is -2.34. The molecular weight excluding hydrogens is 332 g/mol. The Bertz CT molecular complexity index is 788. The van der Waals surface area contributed by atoms with E-state index >= 15 is 0 Å². The molecule has 1 aliphatic rings. The Morgan fingerprint density at radius 3 is 2.67 bits per heavy atom. The van der Waals surface area contributed by atoms with Gasteiger partial charge in [-0.3, -0.25) is 4.18 Å². The van der Waals surface area contributed by atoms with Gasteiger partial charge in [-0.2, -0.15) is 8.42 Å². The molecule has 0 radical (unpaired) electrons. The Morgan fingerprint density at radius 1 is 1.12 bits per heavy atom. The molecule has 2 aromatic rings. The fourth-order valence-corrected chi connectivity index (χ4v) is 2.64. The summed E-state index contributed by atoms with van der Waals surface area (Å²) >= 11 is 0. The van der Waals surface area contributed by atoms with E-state index in [1.807, 2.05) is 36.4 Å². The standard InChI is InChI=1S/C17H18O6S/c1-24(18,19)22-12-14-11-21-16-9-5-8-15(17(16)23-14)20-10-13-6-3-2-4-7-13/h2-9,14H,10-12H2,1H3/t14-/m1/s1. The molecule has 0 saturated carbocycles. The molecule has 128 valence electrons. The molecule has 24 heavy (non-hydrogen) atoms. The van der Waals surface area contributed by atoms with Gasteiger partial charge in [0.2, 0.25) is 5.75 Å². The highest BCUT2D eigenvalue weighted by Gasteiger charge is 2.25. The monoisotopic (exact) mass is 350 g/mol. The van der Waals surface area contributed by atoms with Crippen molar-refractivity contribution in [1.82, 2.24) is 0 Å². The maximum atomic E-state index is 11.1. The first-order valence-corrected chi connectivity index (χ1v) is 9.26. The maximum absolute atomic E-state index is 11.1. The van der Waals surface area contributed by atoms with Crippen LogP contribution in [0.3, 0.4) is 0 Å². The van der Waals surface area contributed by atoms with E-state index in [-0.39, 0.29) is 13.2 Å². The molecule has 7 heteroatoms. The molecule has 1 atom stereocenters. The van der Waals surface area contributed by atoms with Crippen molar-refractivity contribution in [2.24, 2.45) is 0 Å². The van der Waals surface area contributed by atoms with Crippen molar-refractivity contribution in [3.63, 3.8) is 0 Å². The largest absolute Gasteiger partial charge is 0.486 e. The quantitative estimate of drug-likeness (QED) is 0.745. The molecule has 0 bridgehead atoms. The van der Waals surface area contributed by atoms with Gasteiger partial charge in [0.05, 0.1) is 6.26 Å². The van der Waals surface area contributed by atoms with E-state index in [0.717, 1.165) is 11.8 Å². The molecule has 0 fully saturated rings. The molecule has 0 unspecified atom stereocenters. The molecule has 0 saturated heterocycles. The molecule has 0 N–H and O–H groups in total. The van der Waals surface area contributed by atoms with Gasteiger partial charge in [-0.05, 0) is 17.7 Å². The van der Waals surface area contributed by atoms with Gasteiger partial charge in [-0.1, -0.05) is 36.4 Å². The van der Waals surface area contributed by atoms with E-state index in [4.69, 9.17) is 18.4 Å². The van der Waals surface area contributed by atoms with Crippen LogP contribution < -0.4 is 14.2 Å². The molecule has 1 aliphatic heterocycles. The van der Waals surface area contributed by atoms with Crippen molar-refractivity contribution in [1.29, 1.82) is 0 Å². The average molecular weight is 350 g/mol. The number of fused-ring (bicyclic) bond motifs is 1. The summed E-state index contributed by atoms with van der Waals surface area (Å²) in [7, 11) is -3.52. The lowest BCUT2D eigenvalue weighted by molar-refractivity contribution is 0.0518. The number of ether oxygens (including phenoxy) is 3. The second kappa shape index (κ2) is 7.11. The molecule has 0 spiro atoms. The van der Waals surface area contributed by atoms with Gasteiger partial charge < -0.3 is 14.2 Å². The molecule has 0 amide bonds. The van der Waals surface area contributed by atoms with Crippen molar-refractivity contribution in [2.75, 3.05) is 19.5 Å². The third-order valence-electron chi connectivity index (χ3n) is 3.36. The molecule has 2 aromatic carbocycles. The molecule has 1 heterocycles. The number of rotatable bonds is 6. The Balaban J connectivity index is 1.69. The summed E-state index contributed by atoms with van der Waals surface area (Å²) in [5.74, 6) is 1.57. The predicted molar refractivity (Wildman–Crippen MR) is 87.9 cm³/mol. The van der Waals surface area contributed by atoms with E-state index in [2.05, 4.69) is 0 Å². The van der Waals surface area contributed by atoms with E-state index in [0.29, 0.717) is 23.9 Å². The Labute approximate surface area is 141 Å². The minimum Gasteiger partial charge on any atom is -0.486 e. The van der Waals surface area contributed by atoms with Gasteiger partial charge >= 0.3 is 0 Å². The van der Waals surface area contributed by atoms with Gasteiger partial charge in [0.15, 0.2) is 17.6 Å². The van der Waals surface area contributed by atoms with E-state index in [1.165, 1.54) is 0 Å². The average Bonchev–Trinajstić information content (AvgIpc) is 2.58. The van der Waals surface area contributed by atoms with Crippen LogP contribution in [0.5, 0.6) is 17.2 Å². The number of benzene rings is 2. The summed E-state index contributed by atoms with van der Waals surface area (Å²) in [5, 5.41) is 0. The first kappa shape index (κ1) is 16.6. The van der Waals surface area contributed by atoms with Crippen molar-refractivity contribution < 1.29 is 26.8 Å². The van der Waals surface area contributed by atoms with E-state index in [9.17, 15) is 8.42 Å². The first-order chi connectivity index (χ1) is 11.5. The second-order valence-corrected chi connectivity index (χ2v) is 7.04. The Hall–Kier alpha value is -2.25. The fraction of sp³-hybridized carbons (Fsp3) is 0.294. The van der Waals surface area contributed by atoms with Crippen LogP contribution in [0.2, 0.25) is 0 Å². The summed E-state index contributed by atoms with van der Waals surface area (Å²) in [6, 6.07) is 15.1. The SMILES string of the molecule is CS(=O)(=O)OC[C@H]1COc2cccc(OCc3ccccc3)c2O1. The lowest BCUT2D eigenvalue weighted by atomic mass is 10.2. The van der Waals surface area contributed by atoms with Gasteiger partial charge in [-0.25, -0.2) is 0 Å². The zero-order chi connectivity index (χ0) is 17.0. The van der Waals surface area contributed by atoms with E-state index in [1.54, 1.807) is 12.1 Å². The van der Waals surface area contributed by atoms with Gasteiger partial charge in [-0.15, -0.1) is 0 Å². The highest BCUT2D eigenvalue weighted by atomic mass is 32.2. The normalized spacial score (nSPS) is 16.6. The van der Waals surface area contributed by atoms with Crippen molar-refractivity contribution in [3.05, 3.63) is 54.1 Å². The minimum absolute atomic E-state index is 0.106. The number of hydrogen-bond donors (Lipinski definition) is 0. The lowest BCUT2D eigenvalue weighted by Gasteiger charge is -2.27.